The lowest BCUT2D eigenvalue weighted by molar-refractivity contribution is -0.332. The summed E-state index contributed by atoms with van der Waals surface area (Å²) >= 11 is 0. The van der Waals surface area contributed by atoms with Gasteiger partial charge in [0.1, 0.15) is 55.4 Å². The normalized spacial score (nSPS) is 27.4. The van der Waals surface area contributed by atoms with Crippen LogP contribution < -0.4 is 0 Å². The molecule has 2 heterocycles. The van der Waals surface area contributed by atoms with E-state index in [9.17, 15) is 45.3 Å². The van der Waals surface area contributed by atoms with Crippen molar-refractivity contribution in [3.8, 4) is 0 Å². The van der Waals surface area contributed by atoms with Crippen molar-refractivity contribution in [3.05, 3.63) is 60.8 Å². The van der Waals surface area contributed by atoms with Gasteiger partial charge >= 0.3 is 11.9 Å². The fraction of sp³-hybridized carbons (Fsp3) is 0.750. The number of aliphatic hydroxyl groups excluding tert-OH is 7. The standard InChI is InChI=1S/C48H80O15/c1-3-5-7-9-11-13-15-16-17-18-19-20-21-23-25-27-29-31-40(51)61-36(33-58-39(50)30-28-26-24-22-14-12-10-8-6-4-2)34-59-47-46(57)44(55)42(53)38(63-47)35-60-48-45(56)43(54)41(52)37(32-49)62-48/h5,7-8,10-11,13,16-17,19-20,36-38,41-49,52-57H,3-4,6,9,12,14-15,18,21-35H2,1-2H3/b7-5-,10-8-,13-11-,17-16-,20-19-. The van der Waals surface area contributed by atoms with E-state index in [0.29, 0.717) is 12.8 Å². The van der Waals surface area contributed by atoms with E-state index in [1.54, 1.807) is 0 Å². The third-order valence-corrected chi connectivity index (χ3v) is 10.7. The molecular formula is C48H80O15. The molecule has 2 fully saturated rings. The number of aliphatic hydroxyl groups is 7. The maximum atomic E-state index is 12.9. The van der Waals surface area contributed by atoms with Gasteiger partial charge in [0.25, 0.3) is 0 Å². The smallest absolute Gasteiger partial charge is 0.306 e. The molecule has 0 radical (unpaired) electrons. The molecule has 0 aromatic heterocycles. The fourth-order valence-electron chi connectivity index (χ4n) is 6.85. The summed E-state index contributed by atoms with van der Waals surface area (Å²) < 4.78 is 33.4. The Morgan fingerprint density at radius 3 is 1.59 bits per heavy atom. The Labute approximate surface area is 375 Å². The van der Waals surface area contributed by atoms with Crippen LogP contribution in [-0.4, -0.2) is 142 Å². The zero-order valence-corrected chi connectivity index (χ0v) is 37.8. The lowest BCUT2D eigenvalue weighted by Crippen LogP contribution is -2.61. The second-order valence-electron chi connectivity index (χ2n) is 16.2. The number of esters is 2. The predicted molar refractivity (Wildman–Crippen MR) is 238 cm³/mol. The minimum Gasteiger partial charge on any atom is -0.462 e. The Hall–Kier alpha value is -2.80. The van der Waals surface area contributed by atoms with Crippen LogP contribution in [0.5, 0.6) is 0 Å². The molecule has 2 aliphatic rings. The lowest BCUT2D eigenvalue weighted by atomic mass is 9.98. The van der Waals surface area contributed by atoms with Crippen molar-refractivity contribution in [2.24, 2.45) is 0 Å². The number of hydrogen-bond acceptors (Lipinski definition) is 15. The summed E-state index contributed by atoms with van der Waals surface area (Å²) in [5.74, 6) is -0.973. The van der Waals surface area contributed by atoms with E-state index in [2.05, 4.69) is 74.6 Å². The van der Waals surface area contributed by atoms with Crippen molar-refractivity contribution < 1.29 is 73.8 Å². The van der Waals surface area contributed by atoms with Gasteiger partial charge in [0.2, 0.25) is 0 Å². The van der Waals surface area contributed by atoms with E-state index in [1.165, 1.54) is 0 Å². The number of hydrogen-bond donors (Lipinski definition) is 7. The molecule has 15 nitrogen and oxygen atoms in total. The molecule has 0 amide bonds. The van der Waals surface area contributed by atoms with Crippen LogP contribution in [0, 0.1) is 0 Å². The van der Waals surface area contributed by atoms with Gasteiger partial charge in [-0.15, -0.1) is 0 Å². The van der Waals surface area contributed by atoms with Crippen LogP contribution in [0.2, 0.25) is 0 Å². The first-order valence-electron chi connectivity index (χ1n) is 23.4. The second kappa shape index (κ2) is 35.5. The van der Waals surface area contributed by atoms with E-state index in [0.717, 1.165) is 96.3 Å². The van der Waals surface area contributed by atoms with E-state index in [1.807, 2.05) is 0 Å². The molecular weight excluding hydrogens is 817 g/mol. The summed E-state index contributed by atoms with van der Waals surface area (Å²) in [7, 11) is 0. The minimum atomic E-state index is -1.77. The molecule has 2 saturated heterocycles. The quantitative estimate of drug-likeness (QED) is 0.0246. The number of unbranched alkanes of at least 4 members (excludes halogenated alkanes) is 10. The SMILES string of the molecule is CC/C=C\C/C=C\C/C=C\C/C=C\CCCCCCC(=O)OC(COC(=O)CCCCCCC/C=C\CCC)COC1OC(COC2OC(CO)C(O)C(O)C2O)C(O)C(O)C1O. The van der Waals surface area contributed by atoms with Crippen LogP contribution in [0.25, 0.3) is 0 Å². The summed E-state index contributed by atoms with van der Waals surface area (Å²) in [6.45, 7) is 2.34. The number of rotatable bonds is 34. The highest BCUT2D eigenvalue weighted by atomic mass is 16.7. The van der Waals surface area contributed by atoms with Gasteiger partial charge in [-0.3, -0.25) is 9.59 Å². The average Bonchev–Trinajstić information content (AvgIpc) is 3.28. The Balaban J connectivity index is 1.86. The highest BCUT2D eigenvalue weighted by Gasteiger charge is 2.47. The monoisotopic (exact) mass is 897 g/mol. The molecule has 0 bridgehead atoms. The van der Waals surface area contributed by atoms with E-state index in [4.69, 9.17) is 28.4 Å². The van der Waals surface area contributed by atoms with E-state index in [-0.39, 0.29) is 19.4 Å². The molecule has 63 heavy (non-hydrogen) atoms. The van der Waals surface area contributed by atoms with Gasteiger partial charge in [-0.25, -0.2) is 0 Å². The molecule has 362 valence electrons. The molecule has 7 N–H and O–H groups in total. The molecule has 11 unspecified atom stereocenters. The molecule has 2 rings (SSSR count). The second-order valence-corrected chi connectivity index (χ2v) is 16.2. The van der Waals surface area contributed by atoms with Crippen LogP contribution in [0.4, 0.5) is 0 Å². The van der Waals surface area contributed by atoms with Crippen LogP contribution in [0.3, 0.4) is 0 Å². The molecule has 0 aliphatic carbocycles. The molecule has 0 aromatic rings. The number of allylic oxidation sites excluding steroid dienone is 10. The van der Waals surface area contributed by atoms with Crippen LogP contribution in [0.15, 0.2) is 60.8 Å². The van der Waals surface area contributed by atoms with Crippen molar-refractivity contribution >= 4 is 11.9 Å². The summed E-state index contributed by atoms with van der Waals surface area (Å²) in [4.78, 5) is 25.6. The summed E-state index contributed by atoms with van der Waals surface area (Å²) in [5.41, 5.74) is 0. The molecule has 2 aliphatic heterocycles. The molecule has 0 spiro atoms. The highest BCUT2D eigenvalue weighted by Crippen LogP contribution is 2.26. The van der Waals surface area contributed by atoms with Gasteiger partial charge in [-0.1, -0.05) is 113 Å². The highest BCUT2D eigenvalue weighted by molar-refractivity contribution is 5.70. The van der Waals surface area contributed by atoms with Gasteiger partial charge < -0.3 is 64.2 Å². The van der Waals surface area contributed by atoms with Gasteiger partial charge in [-0.05, 0) is 70.6 Å². The predicted octanol–water partition coefficient (Wildman–Crippen LogP) is 5.31. The topological polar surface area (TPSA) is 231 Å². The molecule has 0 aromatic carbocycles. The Morgan fingerprint density at radius 2 is 1.00 bits per heavy atom. The first-order chi connectivity index (χ1) is 30.5. The van der Waals surface area contributed by atoms with Crippen molar-refractivity contribution in [2.45, 2.75) is 203 Å². The largest absolute Gasteiger partial charge is 0.462 e. The maximum absolute atomic E-state index is 12.9. The van der Waals surface area contributed by atoms with Gasteiger partial charge in [0.15, 0.2) is 18.7 Å². The minimum absolute atomic E-state index is 0.133. The van der Waals surface area contributed by atoms with Crippen LogP contribution in [-0.2, 0) is 38.0 Å². The van der Waals surface area contributed by atoms with Crippen LogP contribution >= 0.6 is 0 Å². The first kappa shape index (κ1) is 56.3. The Morgan fingerprint density at radius 1 is 0.524 bits per heavy atom. The summed E-state index contributed by atoms with van der Waals surface area (Å²) in [6, 6.07) is 0. The zero-order valence-electron chi connectivity index (χ0n) is 37.8. The lowest BCUT2D eigenvalue weighted by Gasteiger charge is -2.42. The third kappa shape index (κ3) is 24.3. The van der Waals surface area contributed by atoms with E-state index < -0.39 is 99.3 Å². The van der Waals surface area contributed by atoms with Gasteiger partial charge in [0.05, 0.1) is 19.8 Å². The average molecular weight is 897 g/mol. The van der Waals surface area contributed by atoms with Gasteiger partial charge in [0, 0.05) is 12.8 Å². The van der Waals surface area contributed by atoms with E-state index >= 15 is 0 Å². The molecule has 0 saturated carbocycles. The number of ether oxygens (including phenoxy) is 6. The third-order valence-electron chi connectivity index (χ3n) is 10.7. The zero-order chi connectivity index (χ0) is 46.1. The Bertz CT molecular complexity index is 1330. The fourth-order valence-corrected chi connectivity index (χ4v) is 6.85. The van der Waals surface area contributed by atoms with Crippen molar-refractivity contribution in [3.63, 3.8) is 0 Å². The first-order valence-corrected chi connectivity index (χ1v) is 23.4. The maximum Gasteiger partial charge on any atom is 0.306 e. The summed E-state index contributed by atoms with van der Waals surface area (Å²) in [5, 5.41) is 71.9. The van der Waals surface area contributed by atoms with Crippen LogP contribution in [0.1, 0.15) is 136 Å². The van der Waals surface area contributed by atoms with Crippen molar-refractivity contribution in [2.75, 3.05) is 26.4 Å². The number of carbonyl (C=O) groups is 2. The Kier molecular flexibility index (Phi) is 31.7. The van der Waals surface area contributed by atoms with Crippen molar-refractivity contribution in [1.29, 1.82) is 0 Å². The van der Waals surface area contributed by atoms with Gasteiger partial charge in [-0.2, -0.15) is 0 Å². The molecule has 15 heteroatoms. The van der Waals surface area contributed by atoms with Crippen molar-refractivity contribution in [1.82, 2.24) is 0 Å². The number of carbonyl (C=O) groups excluding carboxylic acids is 2. The molecule has 11 atom stereocenters. The summed E-state index contributed by atoms with van der Waals surface area (Å²) in [6.07, 6.45) is 21.2.